The summed E-state index contributed by atoms with van der Waals surface area (Å²) in [6.45, 7) is -0.224. The second kappa shape index (κ2) is 7.72. The van der Waals surface area contributed by atoms with Crippen LogP contribution in [0.1, 0.15) is 23.6 Å². The lowest BCUT2D eigenvalue weighted by atomic mass is 9.95. The van der Waals surface area contributed by atoms with E-state index in [1.54, 1.807) is 30.3 Å². The number of carbonyl (C=O) groups is 3. The van der Waals surface area contributed by atoms with Gasteiger partial charge in [-0.15, -0.1) is 0 Å². The molecule has 0 radical (unpaired) electrons. The lowest BCUT2D eigenvalue weighted by molar-refractivity contribution is -0.305. The SMILES string of the molecule is O=C([O-])CCN1C(=O)C(=O)C(=C(O)c2ccc(Cl)cc2)[C@@H]1c1ccc2c(c1)OCO2. The van der Waals surface area contributed by atoms with Crippen LogP contribution in [0.4, 0.5) is 0 Å². The number of amides is 1. The maximum atomic E-state index is 12.8. The van der Waals surface area contributed by atoms with E-state index >= 15 is 0 Å². The van der Waals surface area contributed by atoms with Gasteiger partial charge < -0.3 is 29.4 Å². The summed E-state index contributed by atoms with van der Waals surface area (Å²) in [5.74, 6) is -2.65. The number of Topliss-reactive ketones (excluding diaryl/α,β-unsaturated/α-hetero) is 1. The van der Waals surface area contributed by atoms with Crippen molar-refractivity contribution in [2.45, 2.75) is 12.5 Å². The molecule has 1 amide bonds. The Morgan fingerprint density at radius 2 is 1.83 bits per heavy atom. The molecule has 0 spiro atoms. The van der Waals surface area contributed by atoms with E-state index < -0.39 is 30.1 Å². The molecule has 2 heterocycles. The predicted molar refractivity (Wildman–Crippen MR) is 103 cm³/mol. The smallest absolute Gasteiger partial charge is 0.295 e. The number of ketones is 1. The molecule has 1 saturated heterocycles. The summed E-state index contributed by atoms with van der Waals surface area (Å²) in [5.41, 5.74) is 0.606. The Morgan fingerprint density at radius 3 is 2.53 bits per heavy atom. The van der Waals surface area contributed by atoms with Gasteiger partial charge in [-0.1, -0.05) is 17.7 Å². The molecule has 1 fully saturated rings. The summed E-state index contributed by atoms with van der Waals surface area (Å²) in [7, 11) is 0. The van der Waals surface area contributed by atoms with Gasteiger partial charge in [0.15, 0.2) is 11.5 Å². The average Bonchev–Trinajstić information content (AvgIpc) is 3.29. The third kappa shape index (κ3) is 3.46. The fraction of sp³-hybridized carbons (Fsp3) is 0.190. The third-order valence-corrected chi connectivity index (χ3v) is 5.18. The van der Waals surface area contributed by atoms with Crippen LogP contribution in [-0.2, 0) is 14.4 Å². The molecule has 1 N–H and O–H groups in total. The van der Waals surface area contributed by atoms with Crippen LogP contribution in [0.25, 0.3) is 5.76 Å². The first-order valence-corrected chi connectivity index (χ1v) is 9.38. The van der Waals surface area contributed by atoms with Crippen LogP contribution in [0, 0.1) is 0 Å². The molecule has 2 aromatic rings. The number of aliphatic hydroxyl groups excluding tert-OH is 1. The molecule has 2 aliphatic rings. The van der Waals surface area contributed by atoms with Crippen molar-refractivity contribution < 1.29 is 34.1 Å². The van der Waals surface area contributed by atoms with Crippen LogP contribution < -0.4 is 14.6 Å². The first-order valence-electron chi connectivity index (χ1n) is 9.00. The van der Waals surface area contributed by atoms with Gasteiger partial charge in [-0.2, -0.15) is 0 Å². The largest absolute Gasteiger partial charge is 0.550 e. The van der Waals surface area contributed by atoms with Crippen molar-refractivity contribution in [2.75, 3.05) is 13.3 Å². The summed E-state index contributed by atoms with van der Waals surface area (Å²) in [5, 5.41) is 22.3. The van der Waals surface area contributed by atoms with Crippen LogP contribution in [0.5, 0.6) is 11.5 Å². The number of hydrogen-bond donors (Lipinski definition) is 1. The van der Waals surface area contributed by atoms with Crippen LogP contribution in [0.2, 0.25) is 5.02 Å². The molecular formula is C21H15ClNO7-. The van der Waals surface area contributed by atoms with E-state index in [4.69, 9.17) is 21.1 Å². The molecular weight excluding hydrogens is 414 g/mol. The number of fused-ring (bicyclic) bond motifs is 1. The van der Waals surface area contributed by atoms with Gasteiger partial charge in [0, 0.05) is 29.5 Å². The number of carboxylic acid groups (broad SMARTS) is 1. The van der Waals surface area contributed by atoms with Gasteiger partial charge >= 0.3 is 0 Å². The number of hydrogen-bond acceptors (Lipinski definition) is 7. The van der Waals surface area contributed by atoms with E-state index in [-0.39, 0.29) is 24.7 Å². The molecule has 30 heavy (non-hydrogen) atoms. The number of benzene rings is 2. The fourth-order valence-corrected chi connectivity index (χ4v) is 3.64. The second-order valence-corrected chi connectivity index (χ2v) is 7.17. The number of aliphatic hydroxyl groups is 1. The fourth-order valence-electron chi connectivity index (χ4n) is 3.52. The van der Waals surface area contributed by atoms with Crippen LogP contribution in [-0.4, -0.2) is 41.0 Å². The van der Waals surface area contributed by atoms with Gasteiger partial charge in [0.05, 0.1) is 11.6 Å². The van der Waals surface area contributed by atoms with Crippen molar-refractivity contribution in [2.24, 2.45) is 0 Å². The zero-order valence-electron chi connectivity index (χ0n) is 15.5. The van der Waals surface area contributed by atoms with Crippen molar-refractivity contribution in [1.82, 2.24) is 4.90 Å². The molecule has 2 aliphatic heterocycles. The van der Waals surface area contributed by atoms with E-state index in [1.807, 2.05) is 0 Å². The maximum absolute atomic E-state index is 12.8. The van der Waals surface area contributed by atoms with Crippen LogP contribution in [0.15, 0.2) is 48.0 Å². The highest BCUT2D eigenvalue weighted by atomic mass is 35.5. The highest BCUT2D eigenvalue weighted by molar-refractivity contribution is 6.46. The quantitative estimate of drug-likeness (QED) is 0.437. The molecule has 1 atom stereocenters. The van der Waals surface area contributed by atoms with Gasteiger partial charge in [-0.25, -0.2) is 0 Å². The molecule has 9 heteroatoms. The maximum Gasteiger partial charge on any atom is 0.295 e. The summed E-state index contributed by atoms with van der Waals surface area (Å²) in [6, 6.07) is 9.96. The van der Waals surface area contributed by atoms with E-state index in [9.17, 15) is 24.6 Å². The lowest BCUT2D eigenvalue weighted by Gasteiger charge is -2.25. The minimum Gasteiger partial charge on any atom is -0.550 e. The Hall–Kier alpha value is -3.52. The zero-order valence-corrected chi connectivity index (χ0v) is 16.2. The molecule has 0 unspecified atom stereocenters. The van der Waals surface area contributed by atoms with E-state index in [0.29, 0.717) is 27.6 Å². The minimum atomic E-state index is -1.36. The van der Waals surface area contributed by atoms with E-state index in [1.165, 1.54) is 12.1 Å². The Balaban J connectivity index is 1.84. The summed E-state index contributed by atoms with van der Waals surface area (Å²) in [6.07, 6.45) is -0.463. The number of halogens is 1. The van der Waals surface area contributed by atoms with Gasteiger partial charge in [0.2, 0.25) is 6.79 Å². The van der Waals surface area contributed by atoms with Crippen LogP contribution >= 0.6 is 11.6 Å². The van der Waals surface area contributed by atoms with Gasteiger partial charge in [-0.3, -0.25) is 9.59 Å². The number of carboxylic acids is 1. The predicted octanol–water partition coefficient (Wildman–Crippen LogP) is 1.63. The summed E-state index contributed by atoms with van der Waals surface area (Å²) >= 11 is 5.89. The first kappa shape index (κ1) is 19.8. The van der Waals surface area contributed by atoms with Crippen molar-refractivity contribution in [3.63, 3.8) is 0 Å². The number of rotatable bonds is 5. The molecule has 154 valence electrons. The van der Waals surface area contributed by atoms with Crippen molar-refractivity contribution in [3.8, 4) is 11.5 Å². The Kier molecular flexibility index (Phi) is 5.09. The molecule has 0 saturated carbocycles. The molecule has 0 aliphatic carbocycles. The highest BCUT2D eigenvalue weighted by Crippen LogP contribution is 2.43. The molecule has 2 aromatic carbocycles. The second-order valence-electron chi connectivity index (χ2n) is 6.73. The molecule has 8 nitrogen and oxygen atoms in total. The van der Waals surface area contributed by atoms with Gasteiger partial charge in [-0.05, 0) is 42.0 Å². The normalized spacial score (nSPS) is 19.4. The number of nitrogens with zero attached hydrogens (tertiary/aromatic N) is 1. The topological polar surface area (TPSA) is 116 Å². The molecule has 0 aromatic heterocycles. The summed E-state index contributed by atoms with van der Waals surface area (Å²) < 4.78 is 10.7. The van der Waals surface area contributed by atoms with E-state index in [2.05, 4.69) is 0 Å². The van der Waals surface area contributed by atoms with Gasteiger partial charge in [0.1, 0.15) is 5.76 Å². The van der Waals surface area contributed by atoms with E-state index in [0.717, 1.165) is 4.90 Å². The number of carbonyl (C=O) groups excluding carboxylic acids is 3. The zero-order chi connectivity index (χ0) is 21.4. The Morgan fingerprint density at radius 1 is 1.13 bits per heavy atom. The summed E-state index contributed by atoms with van der Waals surface area (Å²) in [4.78, 5) is 37.6. The monoisotopic (exact) mass is 428 g/mol. The van der Waals surface area contributed by atoms with Crippen LogP contribution in [0.3, 0.4) is 0 Å². The lowest BCUT2D eigenvalue weighted by Crippen LogP contribution is -2.34. The Bertz CT molecular complexity index is 1080. The first-order chi connectivity index (χ1) is 14.4. The average molecular weight is 429 g/mol. The third-order valence-electron chi connectivity index (χ3n) is 4.93. The minimum absolute atomic E-state index is 0.0361. The number of likely N-dealkylation sites (tertiary alicyclic amines) is 1. The molecule has 4 rings (SSSR count). The van der Waals surface area contributed by atoms with Crippen molar-refractivity contribution in [1.29, 1.82) is 0 Å². The highest BCUT2D eigenvalue weighted by Gasteiger charge is 2.46. The molecule has 0 bridgehead atoms. The number of ether oxygens (including phenoxy) is 2. The van der Waals surface area contributed by atoms with Crippen molar-refractivity contribution in [3.05, 3.63) is 64.2 Å². The van der Waals surface area contributed by atoms with Gasteiger partial charge in [0.25, 0.3) is 11.7 Å². The van der Waals surface area contributed by atoms with Crippen molar-refractivity contribution >= 4 is 35.0 Å². The Labute approximate surface area is 175 Å². The standard InChI is InChI=1S/C21H16ClNO7/c22-13-4-1-11(2-5-13)19(26)17-18(12-3-6-14-15(9-12)30-10-29-14)23(8-7-16(24)25)21(28)20(17)27/h1-6,9,18,26H,7-8,10H2,(H,24,25)/p-1/t18-/m0/s1. The number of aliphatic carboxylic acids is 1.